The summed E-state index contributed by atoms with van der Waals surface area (Å²) >= 11 is 0. The van der Waals surface area contributed by atoms with E-state index in [-0.39, 0.29) is 0 Å². The lowest BCUT2D eigenvalue weighted by Crippen LogP contribution is -2.14. The molecular formula is C11H11F3N4O. The average Bonchev–Trinajstić information content (AvgIpc) is 2.85. The summed E-state index contributed by atoms with van der Waals surface area (Å²) in [5, 5.41) is 6.39. The van der Waals surface area contributed by atoms with Crippen LogP contribution in [0, 0.1) is 0 Å². The summed E-state index contributed by atoms with van der Waals surface area (Å²) in [6, 6.07) is 1.51. The number of rotatable bonds is 3. The molecule has 0 aliphatic carbocycles. The lowest BCUT2D eigenvalue weighted by Gasteiger charge is -2.12. The van der Waals surface area contributed by atoms with Crippen LogP contribution in [-0.2, 0) is 6.18 Å². The van der Waals surface area contributed by atoms with Gasteiger partial charge in [-0.15, -0.1) is 5.10 Å². The quantitative estimate of drug-likeness (QED) is 0.894. The number of ether oxygens (including phenoxy) is 1. The number of alkyl halides is 3. The van der Waals surface area contributed by atoms with Crippen molar-refractivity contribution in [2.24, 2.45) is 5.73 Å². The second-order valence-electron chi connectivity index (χ2n) is 3.80. The lowest BCUT2D eigenvalue weighted by molar-refractivity contribution is -0.141. The number of H-pyrrole nitrogens is 1. The molecule has 5 nitrogen and oxygen atoms in total. The van der Waals surface area contributed by atoms with Crippen LogP contribution in [0.3, 0.4) is 0 Å². The molecule has 0 saturated carbocycles. The molecule has 8 heteroatoms. The Labute approximate surface area is 106 Å². The molecule has 2 aromatic rings. The number of hydrogen-bond donors (Lipinski definition) is 2. The Kier molecular flexibility index (Phi) is 3.43. The van der Waals surface area contributed by atoms with E-state index in [2.05, 4.69) is 15.2 Å². The van der Waals surface area contributed by atoms with E-state index in [1.807, 2.05) is 0 Å². The van der Waals surface area contributed by atoms with Gasteiger partial charge in [0, 0.05) is 12.4 Å². The molecule has 2 heterocycles. The Bertz CT molecular complexity index is 550. The summed E-state index contributed by atoms with van der Waals surface area (Å²) in [4.78, 5) is 3.36. The molecule has 2 aromatic heterocycles. The van der Waals surface area contributed by atoms with Crippen LogP contribution < -0.4 is 10.5 Å². The molecule has 0 amide bonds. The zero-order chi connectivity index (χ0) is 14.0. The first-order valence-corrected chi connectivity index (χ1v) is 5.30. The van der Waals surface area contributed by atoms with E-state index in [0.717, 1.165) is 12.3 Å². The third-order valence-electron chi connectivity index (χ3n) is 2.60. The van der Waals surface area contributed by atoms with Gasteiger partial charge in [0.05, 0.1) is 18.7 Å². The van der Waals surface area contributed by atoms with Gasteiger partial charge in [-0.1, -0.05) is 6.07 Å². The maximum absolute atomic E-state index is 12.4. The number of aromatic amines is 1. The second-order valence-corrected chi connectivity index (χ2v) is 3.80. The standard InChI is InChI=1S/C11H11F3N4O/c1-19-10-7(5-17-18-10)9(15)6-2-3-8(16-4-6)11(12,13)14/h2-5,9H,15H2,1H3,(H,17,18). The molecule has 0 spiro atoms. The van der Waals surface area contributed by atoms with Gasteiger partial charge in [0.1, 0.15) is 5.69 Å². The zero-order valence-electron chi connectivity index (χ0n) is 9.90. The highest BCUT2D eigenvalue weighted by Crippen LogP contribution is 2.30. The number of methoxy groups -OCH3 is 1. The number of nitrogens with one attached hydrogen (secondary N) is 1. The fraction of sp³-hybridized carbons (Fsp3) is 0.273. The van der Waals surface area contributed by atoms with Crippen LogP contribution in [0.4, 0.5) is 13.2 Å². The highest BCUT2D eigenvalue weighted by molar-refractivity contribution is 5.34. The maximum Gasteiger partial charge on any atom is 0.433 e. The Morgan fingerprint density at radius 2 is 2.11 bits per heavy atom. The molecule has 0 aliphatic heterocycles. The minimum atomic E-state index is -4.46. The maximum atomic E-state index is 12.4. The number of hydrogen-bond acceptors (Lipinski definition) is 4. The Balaban J connectivity index is 2.28. The fourth-order valence-corrected chi connectivity index (χ4v) is 1.61. The SMILES string of the molecule is COc1n[nH]cc1C(N)c1ccc(C(F)(F)F)nc1. The molecule has 0 bridgehead atoms. The first-order chi connectivity index (χ1) is 8.93. The van der Waals surface area contributed by atoms with Gasteiger partial charge in [-0.3, -0.25) is 10.1 Å². The van der Waals surface area contributed by atoms with E-state index in [1.165, 1.54) is 19.4 Å². The van der Waals surface area contributed by atoms with Crippen molar-refractivity contribution in [3.63, 3.8) is 0 Å². The summed E-state index contributed by atoms with van der Waals surface area (Å²) in [6.07, 6.45) is -1.84. The predicted molar refractivity (Wildman–Crippen MR) is 60.4 cm³/mol. The molecule has 0 aromatic carbocycles. The first-order valence-electron chi connectivity index (χ1n) is 5.30. The van der Waals surface area contributed by atoms with Gasteiger partial charge in [-0.05, 0) is 11.6 Å². The molecule has 0 fully saturated rings. The largest absolute Gasteiger partial charge is 0.480 e. The fourth-order valence-electron chi connectivity index (χ4n) is 1.61. The summed E-state index contributed by atoms with van der Waals surface area (Å²) in [5.74, 6) is 0.299. The number of pyridine rings is 1. The summed E-state index contributed by atoms with van der Waals surface area (Å²) in [6.45, 7) is 0. The Hall–Kier alpha value is -2.09. The topological polar surface area (TPSA) is 76.8 Å². The number of nitrogens with zero attached hydrogens (tertiary/aromatic N) is 2. The van der Waals surface area contributed by atoms with Gasteiger partial charge >= 0.3 is 6.18 Å². The van der Waals surface area contributed by atoms with E-state index >= 15 is 0 Å². The zero-order valence-corrected chi connectivity index (χ0v) is 9.90. The van der Waals surface area contributed by atoms with E-state index < -0.39 is 17.9 Å². The molecule has 102 valence electrons. The van der Waals surface area contributed by atoms with Crippen LogP contribution in [0.1, 0.15) is 22.9 Å². The minimum absolute atomic E-state index is 0.299. The highest BCUT2D eigenvalue weighted by Gasteiger charge is 2.32. The van der Waals surface area contributed by atoms with Crippen molar-refractivity contribution < 1.29 is 17.9 Å². The van der Waals surface area contributed by atoms with Gasteiger partial charge in [-0.25, -0.2) is 0 Å². The van der Waals surface area contributed by atoms with Crippen molar-refractivity contribution >= 4 is 0 Å². The van der Waals surface area contributed by atoms with Crippen molar-refractivity contribution in [1.29, 1.82) is 0 Å². The van der Waals surface area contributed by atoms with Gasteiger partial charge in [0.15, 0.2) is 0 Å². The van der Waals surface area contributed by atoms with E-state index in [0.29, 0.717) is 17.0 Å². The van der Waals surface area contributed by atoms with Crippen LogP contribution in [0.15, 0.2) is 24.5 Å². The third kappa shape index (κ3) is 2.68. The van der Waals surface area contributed by atoms with Gasteiger partial charge in [-0.2, -0.15) is 13.2 Å². The molecule has 0 aliphatic rings. The smallest absolute Gasteiger partial charge is 0.433 e. The van der Waals surface area contributed by atoms with Crippen LogP contribution in [-0.4, -0.2) is 22.3 Å². The summed E-state index contributed by atoms with van der Waals surface area (Å²) in [5.41, 5.74) is 5.96. The van der Waals surface area contributed by atoms with Crippen LogP contribution in [0.2, 0.25) is 0 Å². The van der Waals surface area contributed by atoms with Crippen molar-refractivity contribution in [1.82, 2.24) is 15.2 Å². The minimum Gasteiger partial charge on any atom is -0.480 e. The predicted octanol–water partition coefficient (Wildman–Crippen LogP) is 1.88. The normalized spacial score (nSPS) is 13.3. The van der Waals surface area contributed by atoms with Crippen LogP contribution in [0.25, 0.3) is 0 Å². The highest BCUT2D eigenvalue weighted by atomic mass is 19.4. The van der Waals surface area contributed by atoms with Gasteiger partial charge in [0.25, 0.3) is 0 Å². The molecule has 0 saturated heterocycles. The lowest BCUT2D eigenvalue weighted by atomic mass is 10.0. The van der Waals surface area contributed by atoms with Crippen molar-refractivity contribution in [3.05, 3.63) is 41.3 Å². The molecule has 1 atom stereocenters. The molecule has 3 N–H and O–H groups in total. The number of halogens is 3. The Morgan fingerprint density at radius 3 is 2.63 bits per heavy atom. The molecule has 19 heavy (non-hydrogen) atoms. The molecule has 2 rings (SSSR count). The van der Waals surface area contributed by atoms with Gasteiger partial charge < -0.3 is 10.5 Å². The van der Waals surface area contributed by atoms with Crippen LogP contribution in [0.5, 0.6) is 5.88 Å². The Morgan fingerprint density at radius 1 is 1.37 bits per heavy atom. The number of nitrogens with two attached hydrogens (primary N) is 1. The molecular weight excluding hydrogens is 261 g/mol. The first kappa shape index (κ1) is 13.3. The summed E-state index contributed by atoms with van der Waals surface area (Å²) < 4.78 is 42.1. The summed E-state index contributed by atoms with van der Waals surface area (Å²) in [7, 11) is 1.43. The second kappa shape index (κ2) is 4.88. The van der Waals surface area contributed by atoms with Gasteiger partial charge in [0.2, 0.25) is 5.88 Å². The monoisotopic (exact) mass is 272 g/mol. The molecule has 0 radical (unpaired) electrons. The van der Waals surface area contributed by atoms with E-state index in [9.17, 15) is 13.2 Å². The third-order valence-corrected chi connectivity index (χ3v) is 2.60. The van der Waals surface area contributed by atoms with Crippen LogP contribution >= 0.6 is 0 Å². The van der Waals surface area contributed by atoms with Crippen molar-refractivity contribution in [2.75, 3.05) is 7.11 Å². The van der Waals surface area contributed by atoms with E-state index in [4.69, 9.17) is 10.5 Å². The van der Waals surface area contributed by atoms with Crippen molar-refractivity contribution in [2.45, 2.75) is 12.2 Å². The molecule has 1 unspecified atom stereocenters. The van der Waals surface area contributed by atoms with Crippen molar-refractivity contribution in [3.8, 4) is 5.88 Å². The van der Waals surface area contributed by atoms with E-state index in [1.54, 1.807) is 0 Å². The average molecular weight is 272 g/mol. The number of aromatic nitrogens is 3.